The zero-order chi connectivity index (χ0) is 20.1. The molecule has 4 heteroatoms. The molecule has 0 atom stereocenters. The molecular weight excluding hydrogens is 352 g/mol. The second-order valence-corrected chi connectivity index (χ2v) is 6.66. The van der Waals surface area contributed by atoms with Crippen LogP contribution in [0.1, 0.15) is 37.4 Å². The highest BCUT2D eigenvalue weighted by Crippen LogP contribution is 2.25. The molecule has 142 valence electrons. The SMILES string of the molecule is Cc1cc(C)c(C(=O)COC(=O)c2ccccc2Oc2ccccc2)cc1C. The van der Waals surface area contributed by atoms with Crippen molar-refractivity contribution in [2.45, 2.75) is 20.8 Å². The lowest BCUT2D eigenvalue weighted by atomic mass is 9.98. The molecule has 0 amide bonds. The number of aryl methyl sites for hydroxylation is 3. The Morgan fingerprint density at radius 3 is 2.14 bits per heavy atom. The van der Waals surface area contributed by atoms with Crippen molar-refractivity contribution in [2.75, 3.05) is 6.61 Å². The smallest absolute Gasteiger partial charge is 0.342 e. The Bertz CT molecular complexity index is 1010. The minimum Gasteiger partial charge on any atom is -0.456 e. The van der Waals surface area contributed by atoms with Crippen molar-refractivity contribution >= 4 is 11.8 Å². The molecule has 0 aliphatic rings. The van der Waals surface area contributed by atoms with E-state index in [2.05, 4.69) is 0 Å². The Kier molecular flexibility index (Phi) is 5.90. The third kappa shape index (κ3) is 4.46. The van der Waals surface area contributed by atoms with E-state index < -0.39 is 5.97 Å². The standard InChI is InChI=1S/C24H22O4/c1-16-13-18(3)21(14-17(16)2)22(25)15-27-24(26)20-11-7-8-12-23(20)28-19-9-5-4-6-10-19/h4-14H,15H2,1-3H3. The number of Topliss-reactive ketones (excluding diaryl/α,β-unsaturated/α-hetero) is 1. The summed E-state index contributed by atoms with van der Waals surface area (Å²) in [6.45, 7) is 5.52. The third-order valence-electron chi connectivity index (χ3n) is 4.55. The average Bonchev–Trinajstić information content (AvgIpc) is 2.70. The van der Waals surface area contributed by atoms with Crippen LogP contribution in [0.2, 0.25) is 0 Å². The molecule has 0 bridgehead atoms. The highest BCUT2D eigenvalue weighted by Gasteiger charge is 2.17. The predicted molar refractivity (Wildman–Crippen MR) is 108 cm³/mol. The number of hydrogen-bond acceptors (Lipinski definition) is 4. The van der Waals surface area contributed by atoms with E-state index in [4.69, 9.17) is 9.47 Å². The maximum Gasteiger partial charge on any atom is 0.342 e. The summed E-state index contributed by atoms with van der Waals surface area (Å²) in [6, 6.07) is 19.8. The van der Waals surface area contributed by atoms with Gasteiger partial charge in [-0.25, -0.2) is 4.79 Å². The summed E-state index contributed by atoms with van der Waals surface area (Å²) in [5.41, 5.74) is 3.87. The summed E-state index contributed by atoms with van der Waals surface area (Å²) in [6.07, 6.45) is 0. The lowest BCUT2D eigenvalue weighted by molar-refractivity contribution is 0.0472. The van der Waals surface area contributed by atoms with Gasteiger partial charge in [0.2, 0.25) is 5.78 Å². The maximum atomic E-state index is 12.5. The number of benzene rings is 3. The van der Waals surface area contributed by atoms with Crippen molar-refractivity contribution in [3.8, 4) is 11.5 Å². The third-order valence-corrected chi connectivity index (χ3v) is 4.55. The van der Waals surface area contributed by atoms with E-state index >= 15 is 0 Å². The molecule has 4 nitrogen and oxygen atoms in total. The van der Waals surface area contributed by atoms with E-state index in [1.807, 2.05) is 51.1 Å². The fraction of sp³-hybridized carbons (Fsp3) is 0.167. The first kappa shape index (κ1) is 19.4. The first-order chi connectivity index (χ1) is 13.5. The zero-order valence-electron chi connectivity index (χ0n) is 16.2. The van der Waals surface area contributed by atoms with Crippen LogP contribution in [-0.2, 0) is 4.74 Å². The molecular formula is C24H22O4. The summed E-state index contributed by atoms with van der Waals surface area (Å²) in [5, 5.41) is 0. The Hall–Kier alpha value is -3.40. The number of carbonyl (C=O) groups excluding carboxylic acids is 2. The molecule has 0 fully saturated rings. The quantitative estimate of drug-likeness (QED) is 0.426. The number of para-hydroxylation sites is 2. The van der Waals surface area contributed by atoms with Gasteiger partial charge in [-0.05, 0) is 67.8 Å². The molecule has 0 saturated carbocycles. The van der Waals surface area contributed by atoms with E-state index in [1.54, 1.807) is 36.4 Å². The maximum absolute atomic E-state index is 12.5. The fourth-order valence-electron chi connectivity index (χ4n) is 2.89. The summed E-state index contributed by atoms with van der Waals surface area (Å²) in [4.78, 5) is 25.1. The van der Waals surface area contributed by atoms with E-state index in [-0.39, 0.29) is 18.0 Å². The number of rotatable bonds is 6. The molecule has 0 heterocycles. The number of ketones is 1. The molecule has 3 aromatic rings. The van der Waals surface area contributed by atoms with Crippen LogP contribution in [0.25, 0.3) is 0 Å². The van der Waals surface area contributed by atoms with Gasteiger partial charge in [-0.3, -0.25) is 4.79 Å². The number of ether oxygens (including phenoxy) is 2. The van der Waals surface area contributed by atoms with Gasteiger partial charge in [-0.2, -0.15) is 0 Å². The molecule has 0 aliphatic carbocycles. The van der Waals surface area contributed by atoms with Crippen molar-refractivity contribution in [1.82, 2.24) is 0 Å². The minimum atomic E-state index is -0.596. The van der Waals surface area contributed by atoms with Crippen LogP contribution in [0, 0.1) is 20.8 Å². The van der Waals surface area contributed by atoms with E-state index in [1.165, 1.54) is 0 Å². The Labute approximate surface area is 164 Å². The average molecular weight is 374 g/mol. The van der Waals surface area contributed by atoms with Gasteiger partial charge < -0.3 is 9.47 Å². The minimum absolute atomic E-state index is 0.226. The van der Waals surface area contributed by atoms with Crippen molar-refractivity contribution in [1.29, 1.82) is 0 Å². The number of carbonyl (C=O) groups is 2. The van der Waals surface area contributed by atoms with Crippen LogP contribution in [0.3, 0.4) is 0 Å². The first-order valence-electron chi connectivity index (χ1n) is 9.06. The van der Waals surface area contributed by atoms with Crippen LogP contribution >= 0.6 is 0 Å². The predicted octanol–water partition coefficient (Wildman–Crippen LogP) is 5.44. The largest absolute Gasteiger partial charge is 0.456 e. The van der Waals surface area contributed by atoms with Gasteiger partial charge in [0.15, 0.2) is 6.61 Å². The fourth-order valence-corrected chi connectivity index (χ4v) is 2.89. The highest BCUT2D eigenvalue weighted by atomic mass is 16.5. The molecule has 0 saturated heterocycles. The number of esters is 1. The van der Waals surface area contributed by atoms with Crippen LogP contribution in [0.15, 0.2) is 66.7 Å². The first-order valence-corrected chi connectivity index (χ1v) is 9.06. The summed E-state index contributed by atoms with van der Waals surface area (Å²) >= 11 is 0. The van der Waals surface area contributed by atoms with Gasteiger partial charge in [0.05, 0.1) is 0 Å². The molecule has 0 unspecified atom stereocenters. The van der Waals surface area contributed by atoms with Gasteiger partial charge in [0.1, 0.15) is 17.1 Å². The molecule has 3 aromatic carbocycles. The molecule has 0 radical (unpaired) electrons. The van der Waals surface area contributed by atoms with E-state index in [0.717, 1.165) is 16.7 Å². The van der Waals surface area contributed by atoms with Crippen LogP contribution in [-0.4, -0.2) is 18.4 Å². The Morgan fingerprint density at radius 1 is 0.750 bits per heavy atom. The lowest BCUT2D eigenvalue weighted by Gasteiger charge is -2.12. The molecule has 0 spiro atoms. The van der Waals surface area contributed by atoms with Crippen molar-refractivity contribution < 1.29 is 19.1 Å². The van der Waals surface area contributed by atoms with Gasteiger partial charge >= 0.3 is 5.97 Å². The molecule has 0 aromatic heterocycles. The topological polar surface area (TPSA) is 52.6 Å². The van der Waals surface area contributed by atoms with Crippen molar-refractivity contribution in [3.63, 3.8) is 0 Å². The summed E-state index contributed by atoms with van der Waals surface area (Å²) < 4.78 is 11.1. The summed E-state index contributed by atoms with van der Waals surface area (Å²) in [5.74, 6) is 0.176. The second-order valence-electron chi connectivity index (χ2n) is 6.66. The molecule has 28 heavy (non-hydrogen) atoms. The molecule has 0 aliphatic heterocycles. The molecule has 0 N–H and O–H groups in total. The van der Waals surface area contributed by atoms with E-state index in [0.29, 0.717) is 17.1 Å². The Morgan fingerprint density at radius 2 is 1.39 bits per heavy atom. The van der Waals surface area contributed by atoms with Gasteiger partial charge in [-0.15, -0.1) is 0 Å². The van der Waals surface area contributed by atoms with E-state index in [9.17, 15) is 9.59 Å². The zero-order valence-corrected chi connectivity index (χ0v) is 16.2. The van der Waals surface area contributed by atoms with Gasteiger partial charge in [0.25, 0.3) is 0 Å². The Balaban J connectivity index is 1.72. The van der Waals surface area contributed by atoms with Crippen LogP contribution in [0.4, 0.5) is 0 Å². The van der Waals surface area contributed by atoms with Gasteiger partial charge in [0, 0.05) is 5.56 Å². The van der Waals surface area contributed by atoms with Crippen LogP contribution < -0.4 is 4.74 Å². The molecule has 3 rings (SSSR count). The highest BCUT2D eigenvalue weighted by molar-refractivity contribution is 6.01. The van der Waals surface area contributed by atoms with Crippen molar-refractivity contribution in [2.24, 2.45) is 0 Å². The second kappa shape index (κ2) is 8.53. The van der Waals surface area contributed by atoms with Crippen molar-refractivity contribution in [3.05, 3.63) is 94.5 Å². The monoisotopic (exact) mass is 374 g/mol. The number of hydrogen-bond donors (Lipinski definition) is 0. The lowest BCUT2D eigenvalue weighted by Crippen LogP contribution is -2.16. The summed E-state index contributed by atoms with van der Waals surface area (Å²) in [7, 11) is 0. The van der Waals surface area contributed by atoms with Crippen LogP contribution in [0.5, 0.6) is 11.5 Å². The normalized spacial score (nSPS) is 10.4. The van der Waals surface area contributed by atoms with Gasteiger partial charge in [-0.1, -0.05) is 36.4 Å².